The zero-order valence-electron chi connectivity index (χ0n) is 19.3. The van der Waals surface area contributed by atoms with Crippen LogP contribution in [0.4, 0.5) is 0 Å². The summed E-state index contributed by atoms with van der Waals surface area (Å²) in [5.74, 6) is 0.692. The molecule has 0 radical (unpaired) electrons. The first-order valence-corrected chi connectivity index (χ1v) is 11.1. The Morgan fingerprint density at radius 2 is 1.90 bits per heavy atom. The van der Waals surface area contributed by atoms with Crippen LogP contribution in [0, 0.1) is 0 Å². The average molecular weight is 501 g/mol. The van der Waals surface area contributed by atoms with Gasteiger partial charge >= 0.3 is 5.97 Å². The summed E-state index contributed by atoms with van der Waals surface area (Å²) in [7, 11) is 1.61. The first-order chi connectivity index (χ1) is 14.4. The van der Waals surface area contributed by atoms with Gasteiger partial charge in [-0.25, -0.2) is 4.79 Å². The number of hydrogen-bond acceptors (Lipinski definition) is 7. The Bertz CT molecular complexity index is 756. The van der Waals surface area contributed by atoms with Gasteiger partial charge < -0.3 is 28.4 Å². The van der Waals surface area contributed by atoms with Crippen LogP contribution in [0.2, 0.25) is 0 Å². The first kappa shape index (κ1) is 25.6. The van der Waals surface area contributed by atoms with Gasteiger partial charge in [-0.05, 0) is 71.9 Å². The molecule has 0 saturated carbocycles. The maximum Gasteiger partial charge on any atom is 0.332 e. The van der Waals surface area contributed by atoms with E-state index in [-0.39, 0.29) is 11.4 Å². The molecule has 1 fully saturated rings. The van der Waals surface area contributed by atoms with E-state index in [0.29, 0.717) is 18.1 Å². The van der Waals surface area contributed by atoms with Gasteiger partial charge in [0.2, 0.25) is 0 Å². The summed E-state index contributed by atoms with van der Waals surface area (Å²) in [6.45, 7) is 11.3. The summed E-state index contributed by atoms with van der Waals surface area (Å²) in [4.78, 5) is 12.6. The molecule has 2 rings (SSSR count). The summed E-state index contributed by atoms with van der Waals surface area (Å²) in [5, 5.41) is 0. The van der Waals surface area contributed by atoms with Crippen molar-refractivity contribution in [1.29, 1.82) is 0 Å². The second-order valence-corrected chi connectivity index (χ2v) is 9.76. The van der Waals surface area contributed by atoms with Crippen LogP contribution >= 0.6 is 15.9 Å². The molecule has 3 atom stereocenters. The Morgan fingerprint density at radius 1 is 1.29 bits per heavy atom. The number of hydrogen-bond donors (Lipinski definition) is 0. The summed E-state index contributed by atoms with van der Waals surface area (Å²) >= 11 is 3.49. The van der Waals surface area contributed by atoms with E-state index in [1.807, 2.05) is 34.6 Å². The molecule has 7 nitrogen and oxygen atoms in total. The molecule has 0 bridgehead atoms. The molecule has 0 N–H and O–H groups in total. The summed E-state index contributed by atoms with van der Waals surface area (Å²) < 4.78 is 34.0. The number of carbonyl (C=O) groups is 1. The molecule has 1 aliphatic heterocycles. The lowest BCUT2D eigenvalue weighted by atomic mass is 10.1. The van der Waals surface area contributed by atoms with E-state index in [1.54, 1.807) is 44.4 Å². The van der Waals surface area contributed by atoms with Gasteiger partial charge in [0, 0.05) is 4.83 Å². The second kappa shape index (κ2) is 10.8. The van der Waals surface area contributed by atoms with Gasteiger partial charge in [-0.3, -0.25) is 0 Å². The lowest BCUT2D eigenvalue weighted by Crippen LogP contribution is -2.38. The predicted octanol–water partition coefficient (Wildman–Crippen LogP) is 4.62. The van der Waals surface area contributed by atoms with Crippen molar-refractivity contribution in [2.75, 3.05) is 20.3 Å². The third-order valence-electron chi connectivity index (χ3n) is 4.92. The quantitative estimate of drug-likeness (QED) is 0.263. The monoisotopic (exact) mass is 500 g/mol. The first-order valence-electron chi connectivity index (χ1n) is 10.2. The highest BCUT2D eigenvalue weighted by Gasteiger charge is 2.39. The zero-order valence-corrected chi connectivity index (χ0v) is 20.9. The molecular weight excluding hydrogens is 468 g/mol. The number of benzene rings is 1. The molecule has 0 spiro atoms. The highest BCUT2D eigenvalue weighted by molar-refractivity contribution is 9.09. The minimum Gasteiger partial charge on any atom is -0.497 e. The Hall–Kier alpha value is -1.61. The number of allylic oxidation sites excluding steroid dienone is 1. The van der Waals surface area contributed by atoms with Gasteiger partial charge in [-0.15, -0.1) is 0 Å². The zero-order chi connectivity index (χ0) is 23.2. The fraction of sp³-hybridized carbons (Fsp3) is 0.609. The van der Waals surface area contributed by atoms with Crippen LogP contribution in [0.5, 0.6) is 11.5 Å². The smallest absolute Gasteiger partial charge is 0.332 e. The average Bonchev–Trinajstić information content (AvgIpc) is 3.06. The van der Waals surface area contributed by atoms with E-state index in [1.165, 1.54) is 0 Å². The van der Waals surface area contributed by atoms with Crippen LogP contribution in [0.1, 0.15) is 41.5 Å². The van der Waals surface area contributed by atoms with Crippen molar-refractivity contribution >= 4 is 21.9 Å². The molecule has 174 valence electrons. The predicted molar refractivity (Wildman–Crippen MR) is 121 cm³/mol. The number of halogens is 1. The van der Waals surface area contributed by atoms with Crippen molar-refractivity contribution in [3.63, 3.8) is 0 Å². The highest BCUT2D eigenvalue weighted by atomic mass is 79.9. The molecule has 1 aromatic rings. The minimum absolute atomic E-state index is 0.0657. The van der Waals surface area contributed by atoms with E-state index in [2.05, 4.69) is 15.9 Å². The van der Waals surface area contributed by atoms with Crippen LogP contribution in [-0.4, -0.2) is 54.7 Å². The molecule has 1 aliphatic rings. The van der Waals surface area contributed by atoms with Crippen molar-refractivity contribution in [3.8, 4) is 11.5 Å². The van der Waals surface area contributed by atoms with Gasteiger partial charge in [-0.1, -0.05) is 15.9 Å². The van der Waals surface area contributed by atoms with E-state index >= 15 is 0 Å². The van der Waals surface area contributed by atoms with Crippen molar-refractivity contribution in [3.05, 3.63) is 36.1 Å². The molecule has 0 amide bonds. The molecule has 1 aromatic carbocycles. The fourth-order valence-electron chi connectivity index (χ4n) is 2.74. The summed E-state index contributed by atoms with van der Waals surface area (Å²) in [5.41, 5.74) is -0.521. The van der Waals surface area contributed by atoms with Crippen molar-refractivity contribution in [1.82, 2.24) is 0 Å². The van der Waals surface area contributed by atoms with Gasteiger partial charge in [0.25, 0.3) is 0 Å². The standard InChI is InChI=1S/C23H33BrO7/c1-15(29-18-10-8-17(26-7)9-11-18)12-19(20-13-28-23(5,6)31-20)30-21(25)14-27-22(3,4)16(2)24/h8-12,16,19-20H,13-14H2,1-7H3/b15-12+/t16?,19-,20-/m1/s1. The number of rotatable bonds is 10. The number of carbonyl (C=O) groups excluding carboxylic acids is 1. The number of ether oxygens (including phenoxy) is 6. The van der Waals surface area contributed by atoms with E-state index in [0.717, 1.165) is 5.75 Å². The molecule has 1 saturated heterocycles. The highest BCUT2D eigenvalue weighted by Crippen LogP contribution is 2.27. The van der Waals surface area contributed by atoms with Crippen LogP contribution in [0.3, 0.4) is 0 Å². The molecule has 0 aromatic heterocycles. The topological polar surface area (TPSA) is 72.5 Å². The third-order valence-corrected chi connectivity index (χ3v) is 6.02. The van der Waals surface area contributed by atoms with Crippen LogP contribution in [0.25, 0.3) is 0 Å². The van der Waals surface area contributed by atoms with E-state index < -0.39 is 29.6 Å². The normalized spacial score (nSPS) is 20.8. The van der Waals surface area contributed by atoms with Gasteiger partial charge in [0.15, 0.2) is 11.9 Å². The minimum atomic E-state index is -0.752. The molecule has 31 heavy (non-hydrogen) atoms. The maximum atomic E-state index is 12.5. The Balaban J connectivity index is 2.08. The molecular formula is C23H33BrO7. The van der Waals surface area contributed by atoms with Crippen molar-refractivity contribution in [2.24, 2.45) is 0 Å². The second-order valence-electron chi connectivity index (χ2n) is 8.38. The van der Waals surface area contributed by atoms with Crippen molar-refractivity contribution < 1.29 is 33.2 Å². The van der Waals surface area contributed by atoms with Crippen molar-refractivity contribution in [2.45, 2.75) is 70.0 Å². The fourth-order valence-corrected chi connectivity index (χ4v) is 2.87. The number of esters is 1. The van der Waals surface area contributed by atoms with Gasteiger partial charge in [0.1, 0.15) is 30.0 Å². The van der Waals surface area contributed by atoms with Crippen LogP contribution in [-0.2, 0) is 23.7 Å². The number of methoxy groups -OCH3 is 1. The molecule has 0 aliphatic carbocycles. The lowest BCUT2D eigenvalue weighted by molar-refractivity contribution is -0.172. The lowest BCUT2D eigenvalue weighted by Gasteiger charge is -2.28. The maximum absolute atomic E-state index is 12.5. The van der Waals surface area contributed by atoms with E-state index in [9.17, 15) is 4.79 Å². The molecule has 1 unspecified atom stereocenters. The largest absolute Gasteiger partial charge is 0.497 e. The van der Waals surface area contributed by atoms with Gasteiger partial charge in [-0.2, -0.15) is 0 Å². The Kier molecular flexibility index (Phi) is 8.94. The van der Waals surface area contributed by atoms with E-state index in [4.69, 9.17) is 28.4 Å². The summed E-state index contributed by atoms with van der Waals surface area (Å²) in [6, 6.07) is 7.21. The van der Waals surface area contributed by atoms with Crippen LogP contribution < -0.4 is 9.47 Å². The Labute approximate surface area is 193 Å². The molecule has 1 heterocycles. The number of alkyl halides is 1. The third kappa shape index (κ3) is 8.11. The van der Waals surface area contributed by atoms with Crippen LogP contribution in [0.15, 0.2) is 36.1 Å². The molecule has 8 heteroatoms. The van der Waals surface area contributed by atoms with Gasteiger partial charge in [0.05, 0.1) is 19.3 Å². The SMILES string of the molecule is COc1ccc(O/C(C)=C/[C@@H](OC(=O)COC(C)(C)C(C)Br)[C@H]2COC(C)(C)O2)cc1. The Morgan fingerprint density at radius 3 is 2.42 bits per heavy atom. The summed E-state index contributed by atoms with van der Waals surface area (Å²) in [6.07, 6.45) is 0.563.